The minimum atomic E-state index is 0.452. The van der Waals surface area contributed by atoms with Gasteiger partial charge in [0.05, 0.1) is 0 Å². The van der Waals surface area contributed by atoms with Crippen LogP contribution in [0.25, 0.3) is 0 Å². The second kappa shape index (κ2) is 18.2. The maximum atomic E-state index is 11.4. The highest BCUT2D eigenvalue weighted by Crippen LogP contribution is 2.09. The third-order valence-corrected chi connectivity index (χ3v) is 3.94. The largest absolute Gasteiger partial charge is 0.300 e. The van der Waals surface area contributed by atoms with Crippen LogP contribution in [0.15, 0.2) is 24.3 Å². The monoisotopic (exact) mass is 306 g/mol. The van der Waals surface area contributed by atoms with Gasteiger partial charge in [-0.2, -0.15) is 0 Å². The number of hydrogen-bond donors (Lipinski definition) is 0. The van der Waals surface area contributed by atoms with Crippen LogP contribution >= 0.6 is 0 Å². The van der Waals surface area contributed by atoms with Crippen molar-refractivity contribution in [1.82, 2.24) is 0 Å². The Labute approximate surface area is 139 Å². The van der Waals surface area contributed by atoms with Crippen LogP contribution in [0.3, 0.4) is 0 Å². The molecule has 1 heteroatoms. The fourth-order valence-corrected chi connectivity index (χ4v) is 2.54. The minimum Gasteiger partial charge on any atom is -0.300 e. The number of carbonyl (C=O) groups is 1. The topological polar surface area (TPSA) is 17.1 Å². The van der Waals surface area contributed by atoms with E-state index in [1.54, 1.807) is 0 Å². The molecule has 0 fully saturated rings. The molecule has 0 aliphatic rings. The van der Waals surface area contributed by atoms with Crippen LogP contribution in [0.5, 0.6) is 0 Å². The SMILES string of the molecule is CCCCC/C=C\C/C=C\CCCCCCCC(=O)CCC. The average molecular weight is 307 g/mol. The van der Waals surface area contributed by atoms with Crippen LogP contribution in [0, 0.1) is 0 Å². The van der Waals surface area contributed by atoms with Crippen molar-refractivity contribution in [2.75, 3.05) is 0 Å². The summed E-state index contributed by atoms with van der Waals surface area (Å²) in [5.41, 5.74) is 0. The molecular weight excluding hydrogens is 268 g/mol. The van der Waals surface area contributed by atoms with E-state index < -0.39 is 0 Å². The van der Waals surface area contributed by atoms with Gasteiger partial charge in [0, 0.05) is 12.8 Å². The number of carbonyl (C=O) groups excluding carboxylic acids is 1. The smallest absolute Gasteiger partial charge is 0.132 e. The summed E-state index contributed by atoms with van der Waals surface area (Å²) in [4.78, 5) is 11.4. The molecule has 0 saturated carbocycles. The van der Waals surface area contributed by atoms with E-state index in [9.17, 15) is 4.79 Å². The molecule has 0 heterocycles. The van der Waals surface area contributed by atoms with Crippen LogP contribution in [0.1, 0.15) is 104 Å². The van der Waals surface area contributed by atoms with Crippen molar-refractivity contribution in [2.45, 2.75) is 104 Å². The lowest BCUT2D eigenvalue weighted by molar-refractivity contribution is -0.119. The first-order valence-electron chi connectivity index (χ1n) is 9.63. The van der Waals surface area contributed by atoms with E-state index in [0.29, 0.717) is 5.78 Å². The molecule has 0 spiro atoms. The van der Waals surface area contributed by atoms with Crippen LogP contribution in [0.2, 0.25) is 0 Å². The van der Waals surface area contributed by atoms with Crippen LogP contribution in [0.4, 0.5) is 0 Å². The molecule has 0 aliphatic carbocycles. The van der Waals surface area contributed by atoms with E-state index >= 15 is 0 Å². The van der Waals surface area contributed by atoms with Gasteiger partial charge in [0.15, 0.2) is 0 Å². The Hall–Kier alpha value is -0.850. The summed E-state index contributed by atoms with van der Waals surface area (Å²) in [5, 5.41) is 0. The van der Waals surface area contributed by atoms with Crippen LogP contribution in [-0.4, -0.2) is 5.78 Å². The van der Waals surface area contributed by atoms with Crippen molar-refractivity contribution in [2.24, 2.45) is 0 Å². The molecule has 0 N–H and O–H groups in total. The van der Waals surface area contributed by atoms with E-state index in [4.69, 9.17) is 0 Å². The van der Waals surface area contributed by atoms with Gasteiger partial charge in [-0.25, -0.2) is 0 Å². The van der Waals surface area contributed by atoms with Crippen molar-refractivity contribution in [3.8, 4) is 0 Å². The van der Waals surface area contributed by atoms with Gasteiger partial charge in [-0.15, -0.1) is 0 Å². The second-order valence-corrected chi connectivity index (χ2v) is 6.27. The third kappa shape index (κ3) is 17.2. The lowest BCUT2D eigenvalue weighted by atomic mass is 10.1. The first-order chi connectivity index (χ1) is 10.8. The summed E-state index contributed by atoms with van der Waals surface area (Å²) in [5.74, 6) is 0.452. The molecule has 0 aromatic rings. The highest BCUT2D eigenvalue weighted by atomic mass is 16.1. The molecule has 1 nitrogen and oxygen atoms in total. The first kappa shape index (κ1) is 21.1. The molecule has 0 bridgehead atoms. The number of Topliss-reactive ketones (excluding diaryl/α,β-unsaturated/α-hetero) is 1. The zero-order valence-corrected chi connectivity index (χ0v) is 15.1. The van der Waals surface area contributed by atoms with Crippen molar-refractivity contribution >= 4 is 5.78 Å². The standard InChI is InChI=1S/C21H38O/c1-3-5-6-7-8-9-10-11-12-13-14-15-16-17-18-20-21(22)19-4-2/h8-9,11-12H,3-7,10,13-20H2,1-2H3/b9-8-,12-11-. The molecule has 0 rings (SSSR count). The Balaban J connectivity index is 3.22. The maximum absolute atomic E-state index is 11.4. The van der Waals surface area contributed by atoms with E-state index in [-0.39, 0.29) is 0 Å². The molecule has 0 amide bonds. The number of allylic oxidation sites excluding steroid dienone is 4. The van der Waals surface area contributed by atoms with Gasteiger partial charge >= 0.3 is 0 Å². The molecule has 0 unspecified atom stereocenters. The Bertz CT molecular complexity index is 288. The Morgan fingerprint density at radius 2 is 1.23 bits per heavy atom. The summed E-state index contributed by atoms with van der Waals surface area (Å²) in [7, 11) is 0. The Morgan fingerprint density at radius 3 is 1.86 bits per heavy atom. The zero-order valence-electron chi connectivity index (χ0n) is 15.1. The molecule has 0 aromatic heterocycles. The minimum absolute atomic E-state index is 0.452. The third-order valence-electron chi connectivity index (χ3n) is 3.94. The number of rotatable bonds is 16. The highest BCUT2D eigenvalue weighted by molar-refractivity contribution is 5.78. The maximum Gasteiger partial charge on any atom is 0.132 e. The van der Waals surface area contributed by atoms with Crippen LogP contribution in [-0.2, 0) is 4.79 Å². The normalized spacial score (nSPS) is 11.7. The molecule has 22 heavy (non-hydrogen) atoms. The summed E-state index contributed by atoms with van der Waals surface area (Å²) in [6.45, 7) is 4.33. The zero-order chi connectivity index (χ0) is 16.3. The molecule has 0 aromatic carbocycles. The Morgan fingerprint density at radius 1 is 0.636 bits per heavy atom. The van der Waals surface area contributed by atoms with Gasteiger partial charge < -0.3 is 0 Å². The van der Waals surface area contributed by atoms with Gasteiger partial charge in [0.1, 0.15) is 5.78 Å². The van der Waals surface area contributed by atoms with Gasteiger partial charge in [-0.1, -0.05) is 70.3 Å². The van der Waals surface area contributed by atoms with E-state index in [0.717, 1.165) is 32.1 Å². The van der Waals surface area contributed by atoms with Crippen molar-refractivity contribution in [3.63, 3.8) is 0 Å². The molecule has 0 atom stereocenters. The van der Waals surface area contributed by atoms with Gasteiger partial charge in [0.2, 0.25) is 0 Å². The van der Waals surface area contributed by atoms with Gasteiger partial charge in [-0.3, -0.25) is 4.79 Å². The highest BCUT2D eigenvalue weighted by Gasteiger charge is 1.99. The first-order valence-corrected chi connectivity index (χ1v) is 9.63. The van der Waals surface area contributed by atoms with E-state index in [1.807, 2.05) is 0 Å². The summed E-state index contributed by atoms with van der Waals surface area (Å²) < 4.78 is 0. The molecule has 0 radical (unpaired) electrons. The number of ketones is 1. The molecule has 0 aliphatic heterocycles. The van der Waals surface area contributed by atoms with Crippen LogP contribution < -0.4 is 0 Å². The fraction of sp³-hybridized carbons (Fsp3) is 0.762. The van der Waals surface area contributed by atoms with E-state index in [2.05, 4.69) is 38.2 Å². The van der Waals surface area contributed by atoms with E-state index in [1.165, 1.54) is 57.8 Å². The predicted molar refractivity (Wildman–Crippen MR) is 99.3 cm³/mol. The summed E-state index contributed by atoms with van der Waals surface area (Å²) in [6, 6.07) is 0. The quantitative estimate of drug-likeness (QED) is 0.218. The molecule has 0 saturated heterocycles. The fourth-order valence-electron chi connectivity index (χ4n) is 2.54. The summed E-state index contributed by atoms with van der Waals surface area (Å²) in [6.07, 6.45) is 25.5. The molecule has 128 valence electrons. The predicted octanol–water partition coefficient (Wildman–Crippen LogP) is 7.17. The lowest BCUT2D eigenvalue weighted by Gasteiger charge is -2.00. The Kier molecular flexibility index (Phi) is 17.5. The second-order valence-electron chi connectivity index (χ2n) is 6.27. The number of unbranched alkanes of at least 4 members (excludes halogenated alkanes) is 8. The van der Waals surface area contributed by atoms with Gasteiger partial charge in [0.25, 0.3) is 0 Å². The molecular formula is C21H38O. The van der Waals surface area contributed by atoms with Crippen molar-refractivity contribution < 1.29 is 4.79 Å². The number of hydrogen-bond acceptors (Lipinski definition) is 1. The van der Waals surface area contributed by atoms with Crippen molar-refractivity contribution in [3.05, 3.63) is 24.3 Å². The summed E-state index contributed by atoms with van der Waals surface area (Å²) >= 11 is 0. The average Bonchev–Trinajstić information content (AvgIpc) is 2.51. The lowest BCUT2D eigenvalue weighted by Crippen LogP contribution is -1.96. The van der Waals surface area contributed by atoms with Crippen molar-refractivity contribution in [1.29, 1.82) is 0 Å². The van der Waals surface area contributed by atoms with Gasteiger partial charge in [-0.05, 0) is 44.9 Å².